The number of hydrogen-bond acceptors (Lipinski definition) is 3. The molecule has 0 atom stereocenters. The average molecular weight is 258 g/mol. The molecule has 0 saturated carbocycles. The lowest BCUT2D eigenvalue weighted by Crippen LogP contribution is -2.19. The van der Waals surface area contributed by atoms with Gasteiger partial charge in [-0.3, -0.25) is 0 Å². The number of aryl methyl sites for hydroxylation is 2. The highest BCUT2D eigenvalue weighted by molar-refractivity contribution is 5.38. The van der Waals surface area contributed by atoms with Gasteiger partial charge in [-0.05, 0) is 49.6 Å². The van der Waals surface area contributed by atoms with Gasteiger partial charge in [-0.25, -0.2) is 4.68 Å². The molecule has 19 heavy (non-hydrogen) atoms. The zero-order valence-corrected chi connectivity index (χ0v) is 12.1. The molecule has 0 aliphatic heterocycles. The van der Waals surface area contributed by atoms with Crippen LogP contribution in [0.1, 0.15) is 30.7 Å². The number of aromatic nitrogens is 3. The van der Waals surface area contributed by atoms with Crippen LogP contribution in [-0.2, 0) is 6.54 Å². The third kappa shape index (κ3) is 3.64. The molecule has 4 nitrogen and oxygen atoms in total. The summed E-state index contributed by atoms with van der Waals surface area (Å²) >= 11 is 0. The van der Waals surface area contributed by atoms with Gasteiger partial charge >= 0.3 is 0 Å². The van der Waals surface area contributed by atoms with Crippen LogP contribution in [0.4, 0.5) is 0 Å². The van der Waals surface area contributed by atoms with Crippen molar-refractivity contribution in [3.8, 4) is 5.69 Å². The lowest BCUT2D eigenvalue weighted by atomic mass is 10.1. The van der Waals surface area contributed by atoms with Crippen LogP contribution >= 0.6 is 0 Å². The molecule has 0 radical (unpaired) electrons. The Morgan fingerprint density at radius 2 is 2.00 bits per heavy atom. The average Bonchev–Trinajstić information content (AvgIpc) is 2.81. The fourth-order valence-corrected chi connectivity index (χ4v) is 1.86. The van der Waals surface area contributed by atoms with Crippen LogP contribution < -0.4 is 5.32 Å². The first-order valence-corrected chi connectivity index (χ1v) is 6.76. The smallest absolute Gasteiger partial charge is 0.0969 e. The zero-order chi connectivity index (χ0) is 13.8. The highest BCUT2D eigenvalue weighted by Gasteiger charge is 2.04. The first-order chi connectivity index (χ1) is 9.06. The van der Waals surface area contributed by atoms with E-state index in [4.69, 9.17) is 0 Å². The van der Waals surface area contributed by atoms with E-state index in [0.29, 0.717) is 5.92 Å². The topological polar surface area (TPSA) is 42.7 Å². The molecular weight excluding hydrogens is 236 g/mol. The molecule has 0 unspecified atom stereocenters. The van der Waals surface area contributed by atoms with Gasteiger partial charge in [-0.2, -0.15) is 0 Å². The summed E-state index contributed by atoms with van der Waals surface area (Å²) in [5.74, 6) is 0.648. The Balaban J connectivity index is 2.05. The van der Waals surface area contributed by atoms with Gasteiger partial charge in [0.1, 0.15) is 0 Å². The van der Waals surface area contributed by atoms with E-state index in [-0.39, 0.29) is 0 Å². The predicted molar refractivity (Wildman–Crippen MR) is 77.4 cm³/mol. The quantitative estimate of drug-likeness (QED) is 0.896. The summed E-state index contributed by atoms with van der Waals surface area (Å²) in [6.45, 7) is 10.4. The molecule has 102 valence electrons. The minimum Gasteiger partial charge on any atom is -0.311 e. The Labute approximate surface area is 114 Å². The lowest BCUT2D eigenvalue weighted by molar-refractivity contribution is 0.548. The minimum absolute atomic E-state index is 0.648. The van der Waals surface area contributed by atoms with E-state index >= 15 is 0 Å². The first kappa shape index (κ1) is 13.7. The van der Waals surface area contributed by atoms with E-state index in [1.54, 1.807) is 0 Å². The summed E-state index contributed by atoms with van der Waals surface area (Å²) in [5, 5.41) is 11.7. The van der Waals surface area contributed by atoms with Gasteiger partial charge in [0.25, 0.3) is 0 Å². The van der Waals surface area contributed by atoms with Gasteiger partial charge in [-0.1, -0.05) is 25.1 Å². The predicted octanol–water partition coefficient (Wildman–Crippen LogP) is 2.63. The monoisotopic (exact) mass is 258 g/mol. The van der Waals surface area contributed by atoms with Crippen molar-refractivity contribution in [2.24, 2.45) is 5.92 Å². The Morgan fingerprint density at radius 1 is 1.21 bits per heavy atom. The molecule has 0 bridgehead atoms. The van der Waals surface area contributed by atoms with Gasteiger partial charge in [-0.15, -0.1) is 5.10 Å². The molecule has 0 aliphatic carbocycles. The van der Waals surface area contributed by atoms with Crippen molar-refractivity contribution in [2.45, 2.75) is 34.2 Å². The van der Waals surface area contributed by atoms with Gasteiger partial charge < -0.3 is 5.32 Å². The SMILES string of the molecule is Cc1ccc(-n2cc(CNCC(C)C)nn2)cc1C. The fourth-order valence-electron chi connectivity index (χ4n) is 1.86. The van der Waals surface area contributed by atoms with Crippen LogP contribution in [0.2, 0.25) is 0 Å². The van der Waals surface area contributed by atoms with Crippen LogP contribution in [0.3, 0.4) is 0 Å². The summed E-state index contributed by atoms with van der Waals surface area (Å²) in [7, 11) is 0. The summed E-state index contributed by atoms with van der Waals surface area (Å²) in [4.78, 5) is 0. The zero-order valence-electron chi connectivity index (χ0n) is 12.1. The Morgan fingerprint density at radius 3 is 2.68 bits per heavy atom. The lowest BCUT2D eigenvalue weighted by Gasteiger charge is -2.05. The van der Waals surface area contributed by atoms with E-state index in [2.05, 4.69) is 61.5 Å². The maximum absolute atomic E-state index is 4.19. The van der Waals surface area contributed by atoms with Crippen molar-refractivity contribution >= 4 is 0 Å². The van der Waals surface area contributed by atoms with Crippen LogP contribution in [-0.4, -0.2) is 21.5 Å². The van der Waals surface area contributed by atoms with E-state index in [1.807, 2.05) is 10.9 Å². The molecule has 0 aliphatic rings. The molecule has 2 rings (SSSR count). The van der Waals surface area contributed by atoms with Crippen molar-refractivity contribution in [2.75, 3.05) is 6.54 Å². The van der Waals surface area contributed by atoms with E-state index < -0.39 is 0 Å². The third-order valence-corrected chi connectivity index (χ3v) is 3.15. The highest BCUT2D eigenvalue weighted by Crippen LogP contribution is 2.13. The molecule has 0 amide bonds. The summed E-state index contributed by atoms with van der Waals surface area (Å²) in [6, 6.07) is 6.32. The molecule has 1 N–H and O–H groups in total. The fraction of sp³-hybridized carbons (Fsp3) is 0.467. The standard InChI is InChI=1S/C15H22N4/c1-11(2)8-16-9-14-10-19(18-17-14)15-6-5-12(3)13(4)7-15/h5-7,10-11,16H,8-9H2,1-4H3. The van der Waals surface area contributed by atoms with Gasteiger partial charge in [0.05, 0.1) is 17.6 Å². The number of benzene rings is 1. The molecular formula is C15H22N4. The van der Waals surface area contributed by atoms with Crippen LogP contribution in [0.25, 0.3) is 5.69 Å². The largest absolute Gasteiger partial charge is 0.311 e. The van der Waals surface area contributed by atoms with Gasteiger partial charge in [0, 0.05) is 6.54 Å². The second-order valence-corrected chi connectivity index (χ2v) is 5.45. The van der Waals surface area contributed by atoms with Crippen LogP contribution in [0, 0.1) is 19.8 Å². The summed E-state index contributed by atoms with van der Waals surface area (Å²) < 4.78 is 1.83. The van der Waals surface area contributed by atoms with E-state index in [0.717, 1.165) is 24.5 Å². The second kappa shape index (κ2) is 5.97. The maximum Gasteiger partial charge on any atom is 0.0969 e. The van der Waals surface area contributed by atoms with Gasteiger partial charge in [0.2, 0.25) is 0 Å². The van der Waals surface area contributed by atoms with Crippen molar-refractivity contribution in [3.63, 3.8) is 0 Å². The number of nitrogens with zero attached hydrogens (tertiary/aromatic N) is 3. The molecule has 1 aromatic heterocycles. The minimum atomic E-state index is 0.648. The number of hydrogen-bond donors (Lipinski definition) is 1. The summed E-state index contributed by atoms with van der Waals surface area (Å²) in [6.07, 6.45) is 1.98. The molecule has 0 spiro atoms. The van der Waals surface area contributed by atoms with Crippen LogP contribution in [0.5, 0.6) is 0 Å². The molecule has 0 fully saturated rings. The highest BCUT2D eigenvalue weighted by atomic mass is 15.4. The molecule has 4 heteroatoms. The number of rotatable bonds is 5. The van der Waals surface area contributed by atoms with Crippen molar-refractivity contribution in [3.05, 3.63) is 41.2 Å². The maximum atomic E-state index is 4.19. The summed E-state index contributed by atoms with van der Waals surface area (Å²) in [5.41, 5.74) is 4.60. The Bertz CT molecular complexity index is 543. The normalized spacial score (nSPS) is 11.2. The Hall–Kier alpha value is -1.68. The van der Waals surface area contributed by atoms with Crippen LogP contribution in [0.15, 0.2) is 24.4 Å². The van der Waals surface area contributed by atoms with Gasteiger partial charge in [0.15, 0.2) is 0 Å². The van der Waals surface area contributed by atoms with Crippen molar-refractivity contribution in [1.82, 2.24) is 20.3 Å². The first-order valence-electron chi connectivity index (χ1n) is 6.76. The molecule has 1 aromatic carbocycles. The van der Waals surface area contributed by atoms with Crippen molar-refractivity contribution in [1.29, 1.82) is 0 Å². The molecule has 1 heterocycles. The molecule has 2 aromatic rings. The number of nitrogens with one attached hydrogen (secondary N) is 1. The van der Waals surface area contributed by atoms with E-state index in [1.165, 1.54) is 11.1 Å². The Kier molecular flexibility index (Phi) is 4.32. The second-order valence-electron chi connectivity index (χ2n) is 5.45. The molecule has 0 saturated heterocycles. The third-order valence-electron chi connectivity index (χ3n) is 3.15. The van der Waals surface area contributed by atoms with Crippen molar-refractivity contribution < 1.29 is 0 Å². The van der Waals surface area contributed by atoms with E-state index in [9.17, 15) is 0 Å².